The van der Waals surface area contributed by atoms with E-state index >= 15 is 0 Å². The molecule has 154 valence electrons. The summed E-state index contributed by atoms with van der Waals surface area (Å²) in [6, 6.07) is 4.60. The molecule has 1 aromatic rings. The summed E-state index contributed by atoms with van der Waals surface area (Å²) in [6.45, 7) is 3.44. The Balaban J connectivity index is 1.88. The van der Waals surface area contributed by atoms with Crippen LogP contribution in [0.4, 0.5) is 16.2 Å². The van der Waals surface area contributed by atoms with E-state index < -0.39 is 23.3 Å². The molecule has 2 fully saturated rings. The summed E-state index contributed by atoms with van der Waals surface area (Å²) in [5, 5.41) is 2.76. The van der Waals surface area contributed by atoms with Gasteiger partial charge in [0.25, 0.3) is 0 Å². The van der Waals surface area contributed by atoms with Crippen LogP contribution in [0, 0.1) is 5.41 Å². The number of imide groups is 2. The number of piperazine rings is 1. The zero-order valence-corrected chi connectivity index (χ0v) is 17.1. The van der Waals surface area contributed by atoms with Crippen molar-refractivity contribution in [1.29, 1.82) is 0 Å². The predicted molar refractivity (Wildman–Crippen MR) is 106 cm³/mol. The number of benzene rings is 1. The number of anilines is 2. The minimum absolute atomic E-state index is 0.185. The van der Waals surface area contributed by atoms with Crippen LogP contribution in [0.5, 0.6) is 0 Å². The molecule has 1 atom stereocenters. The topological polar surface area (TPSA) is 93.3 Å². The van der Waals surface area contributed by atoms with Crippen molar-refractivity contribution in [1.82, 2.24) is 14.7 Å². The highest BCUT2D eigenvalue weighted by molar-refractivity contribution is 6.20. The minimum atomic E-state index is -1.38. The summed E-state index contributed by atoms with van der Waals surface area (Å²) in [7, 11) is 4.82. The lowest BCUT2D eigenvalue weighted by Gasteiger charge is -2.55. The standard InChI is InChI=1S/C20H25N5O4/c1-12(26)21-14-5-6-15-13(9-14)10-20(16-11-22(2)7-8-25(15)16)17(27)23(3)19(29)24(4)18(20)28/h5-6,9,16H,7-8,10-11H2,1-4H3,(H,21,26)/t16-/m0/s1. The molecular weight excluding hydrogens is 374 g/mol. The number of nitrogens with zero attached hydrogens (tertiary/aromatic N) is 4. The molecule has 1 N–H and O–H groups in total. The number of hydrogen-bond donors (Lipinski definition) is 1. The summed E-state index contributed by atoms with van der Waals surface area (Å²) in [4.78, 5) is 57.1. The Morgan fingerprint density at radius 1 is 1.07 bits per heavy atom. The van der Waals surface area contributed by atoms with Gasteiger partial charge in [0.1, 0.15) is 0 Å². The molecule has 2 saturated heterocycles. The zero-order chi connectivity index (χ0) is 21.1. The van der Waals surface area contributed by atoms with Crippen LogP contribution in [0.25, 0.3) is 0 Å². The van der Waals surface area contributed by atoms with E-state index in [0.717, 1.165) is 27.6 Å². The van der Waals surface area contributed by atoms with Gasteiger partial charge in [0, 0.05) is 52.0 Å². The van der Waals surface area contributed by atoms with Gasteiger partial charge in [-0.15, -0.1) is 0 Å². The SMILES string of the molecule is CC(=O)Nc1ccc2c(c1)CC1(C(=O)N(C)C(=O)N(C)C1=O)[C@@H]1CN(C)CCN21. The van der Waals surface area contributed by atoms with Gasteiger partial charge in [0.2, 0.25) is 17.7 Å². The van der Waals surface area contributed by atoms with Crippen molar-refractivity contribution in [2.45, 2.75) is 19.4 Å². The molecule has 0 aromatic heterocycles. The van der Waals surface area contributed by atoms with Crippen molar-refractivity contribution in [3.63, 3.8) is 0 Å². The average molecular weight is 399 g/mol. The Morgan fingerprint density at radius 2 is 1.72 bits per heavy atom. The van der Waals surface area contributed by atoms with Gasteiger partial charge in [-0.05, 0) is 37.2 Å². The number of carbonyl (C=O) groups is 4. The first kappa shape index (κ1) is 19.4. The van der Waals surface area contributed by atoms with Crippen LogP contribution < -0.4 is 10.2 Å². The van der Waals surface area contributed by atoms with Gasteiger partial charge in [-0.3, -0.25) is 24.2 Å². The number of fused-ring (bicyclic) bond motifs is 4. The van der Waals surface area contributed by atoms with Crippen molar-refractivity contribution in [2.24, 2.45) is 5.41 Å². The Kier molecular flexibility index (Phi) is 4.38. The van der Waals surface area contributed by atoms with E-state index in [4.69, 9.17) is 0 Å². The second-order valence-electron chi connectivity index (χ2n) is 8.16. The quantitative estimate of drug-likeness (QED) is 0.686. The number of hydrogen-bond acceptors (Lipinski definition) is 6. The first-order chi connectivity index (χ1) is 13.7. The van der Waals surface area contributed by atoms with E-state index in [9.17, 15) is 19.2 Å². The predicted octanol–water partition coefficient (Wildman–Crippen LogP) is 0.358. The Labute approximate surface area is 169 Å². The van der Waals surface area contributed by atoms with Gasteiger partial charge in [-0.1, -0.05) is 0 Å². The van der Waals surface area contributed by atoms with E-state index in [0.29, 0.717) is 18.8 Å². The van der Waals surface area contributed by atoms with Crippen LogP contribution in [0.3, 0.4) is 0 Å². The molecule has 9 heteroatoms. The number of amides is 5. The van der Waals surface area contributed by atoms with Crippen molar-refractivity contribution >= 4 is 35.1 Å². The Bertz CT molecular complexity index is 905. The van der Waals surface area contributed by atoms with Crippen molar-refractivity contribution in [2.75, 3.05) is 51.0 Å². The molecule has 3 aliphatic rings. The lowest BCUT2D eigenvalue weighted by atomic mass is 9.67. The molecule has 3 aliphatic heterocycles. The molecule has 0 aliphatic carbocycles. The first-order valence-corrected chi connectivity index (χ1v) is 9.63. The van der Waals surface area contributed by atoms with Gasteiger partial charge in [-0.25, -0.2) is 4.79 Å². The third-order valence-electron chi connectivity index (χ3n) is 6.28. The number of likely N-dealkylation sites (N-methyl/N-ethyl adjacent to an activating group) is 1. The highest BCUT2D eigenvalue weighted by Crippen LogP contribution is 2.47. The van der Waals surface area contributed by atoms with Gasteiger partial charge in [0.05, 0.1) is 6.04 Å². The van der Waals surface area contributed by atoms with Crippen LogP contribution in [-0.2, 0) is 20.8 Å². The number of nitrogens with one attached hydrogen (secondary N) is 1. The van der Waals surface area contributed by atoms with E-state index in [2.05, 4.69) is 15.1 Å². The molecule has 3 heterocycles. The van der Waals surface area contributed by atoms with E-state index in [-0.39, 0.29) is 18.4 Å². The summed E-state index contributed by atoms with van der Waals surface area (Å²) in [5.41, 5.74) is 1.02. The lowest BCUT2D eigenvalue weighted by molar-refractivity contribution is -0.160. The molecule has 0 radical (unpaired) electrons. The molecule has 4 rings (SSSR count). The van der Waals surface area contributed by atoms with E-state index in [1.54, 1.807) is 0 Å². The monoisotopic (exact) mass is 399 g/mol. The summed E-state index contributed by atoms with van der Waals surface area (Å²) < 4.78 is 0. The molecule has 0 unspecified atom stereocenters. The lowest BCUT2D eigenvalue weighted by Crippen LogP contribution is -2.74. The van der Waals surface area contributed by atoms with E-state index in [1.807, 2.05) is 25.2 Å². The van der Waals surface area contributed by atoms with Crippen molar-refractivity contribution in [3.8, 4) is 0 Å². The molecule has 29 heavy (non-hydrogen) atoms. The molecule has 1 spiro atoms. The van der Waals surface area contributed by atoms with E-state index in [1.165, 1.54) is 21.0 Å². The molecule has 1 aromatic carbocycles. The van der Waals surface area contributed by atoms with Crippen LogP contribution in [0.2, 0.25) is 0 Å². The summed E-state index contributed by atoms with van der Waals surface area (Å²) in [5.74, 6) is -1.12. The van der Waals surface area contributed by atoms with Crippen LogP contribution in [-0.4, -0.2) is 85.3 Å². The maximum absolute atomic E-state index is 13.4. The smallest absolute Gasteiger partial charge is 0.332 e. The highest BCUT2D eigenvalue weighted by atomic mass is 16.2. The number of barbiturate groups is 1. The average Bonchev–Trinajstić information content (AvgIpc) is 2.68. The van der Waals surface area contributed by atoms with Gasteiger partial charge in [0.15, 0.2) is 5.41 Å². The van der Waals surface area contributed by atoms with Gasteiger partial charge in [-0.2, -0.15) is 0 Å². The third kappa shape index (κ3) is 2.71. The van der Waals surface area contributed by atoms with Crippen LogP contribution in [0.1, 0.15) is 12.5 Å². The molecule has 9 nitrogen and oxygen atoms in total. The highest BCUT2D eigenvalue weighted by Gasteiger charge is 2.63. The maximum atomic E-state index is 13.4. The molecular formula is C20H25N5O4. The van der Waals surface area contributed by atoms with Crippen molar-refractivity contribution in [3.05, 3.63) is 23.8 Å². The minimum Gasteiger partial charge on any atom is -0.364 e. The number of rotatable bonds is 1. The Morgan fingerprint density at radius 3 is 2.34 bits per heavy atom. The normalized spacial score (nSPS) is 23.9. The number of urea groups is 1. The second kappa shape index (κ2) is 6.55. The maximum Gasteiger partial charge on any atom is 0.332 e. The fraction of sp³-hybridized carbons (Fsp3) is 0.500. The van der Waals surface area contributed by atoms with Gasteiger partial charge >= 0.3 is 6.03 Å². The van der Waals surface area contributed by atoms with Crippen LogP contribution >= 0.6 is 0 Å². The fourth-order valence-corrected chi connectivity index (χ4v) is 4.86. The summed E-state index contributed by atoms with van der Waals surface area (Å²) in [6.07, 6.45) is 0.185. The largest absolute Gasteiger partial charge is 0.364 e. The second-order valence-corrected chi connectivity index (χ2v) is 8.16. The Hall–Kier alpha value is -2.94. The molecule has 0 bridgehead atoms. The first-order valence-electron chi connectivity index (χ1n) is 9.63. The van der Waals surface area contributed by atoms with Crippen LogP contribution in [0.15, 0.2) is 18.2 Å². The summed E-state index contributed by atoms with van der Waals surface area (Å²) >= 11 is 0. The van der Waals surface area contributed by atoms with Gasteiger partial charge < -0.3 is 15.1 Å². The molecule has 5 amide bonds. The zero-order valence-electron chi connectivity index (χ0n) is 17.1. The number of carbonyl (C=O) groups excluding carboxylic acids is 4. The molecule has 0 saturated carbocycles. The van der Waals surface area contributed by atoms with Crippen molar-refractivity contribution < 1.29 is 19.2 Å². The fourth-order valence-electron chi connectivity index (χ4n) is 4.86. The third-order valence-corrected chi connectivity index (χ3v) is 6.28.